The molecule has 0 atom stereocenters. The summed E-state index contributed by atoms with van der Waals surface area (Å²) in [5.41, 5.74) is 0.949. The van der Waals surface area contributed by atoms with Crippen molar-refractivity contribution >= 4 is 6.03 Å². The van der Waals surface area contributed by atoms with Crippen molar-refractivity contribution in [3.05, 3.63) is 35.6 Å². The number of carbonyl (C=O) groups is 1. The Hall–Kier alpha value is -1.62. The van der Waals surface area contributed by atoms with Crippen LogP contribution in [0.25, 0.3) is 0 Å². The van der Waals surface area contributed by atoms with E-state index >= 15 is 0 Å². The molecule has 1 saturated carbocycles. The molecule has 4 nitrogen and oxygen atoms in total. The molecular formula is C17H25FN2O2. The monoisotopic (exact) mass is 308 g/mol. The van der Waals surface area contributed by atoms with Crippen LogP contribution in [-0.4, -0.2) is 30.3 Å². The molecule has 0 radical (unpaired) electrons. The number of aliphatic hydroxyl groups is 1. The molecule has 2 rings (SSSR count). The lowest BCUT2D eigenvalue weighted by molar-refractivity contribution is 0.174. The summed E-state index contributed by atoms with van der Waals surface area (Å²) < 4.78 is 13.0. The van der Waals surface area contributed by atoms with Gasteiger partial charge in [0.05, 0.1) is 0 Å². The summed E-state index contributed by atoms with van der Waals surface area (Å²) >= 11 is 0. The van der Waals surface area contributed by atoms with Crippen LogP contribution in [-0.2, 0) is 6.42 Å². The molecule has 1 aromatic carbocycles. The first-order chi connectivity index (χ1) is 10.7. The first-order valence-corrected chi connectivity index (χ1v) is 8.07. The Bertz CT molecular complexity index is 473. The van der Waals surface area contributed by atoms with Crippen molar-refractivity contribution in [1.29, 1.82) is 0 Å². The number of benzene rings is 1. The van der Waals surface area contributed by atoms with Crippen molar-refractivity contribution in [2.75, 3.05) is 13.2 Å². The molecule has 0 saturated heterocycles. The Labute approximate surface area is 131 Å². The third-order valence-electron chi connectivity index (χ3n) is 4.26. The Morgan fingerprint density at radius 1 is 1.27 bits per heavy atom. The van der Waals surface area contributed by atoms with Crippen molar-refractivity contribution in [2.24, 2.45) is 5.92 Å². The molecule has 5 heteroatoms. The summed E-state index contributed by atoms with van der Waals surface area (Å²) in [5, 5.41) is 14.9. The number of urea groups is 1. The molecule has 1 aliphatic carbocycles. The van der Waals surface area contributed by atoms with E-state index in [4.69, 9.17) is 5.11 Å². The predicted molar refractivity (Wildman–Crippen MR) is 84.1 cm³/mol. The van der Waals surface area contributed by atoms with Crippen LogP contribution < -0.4 is 10.6 Å². The van der Waals surface area contributed by atoms with Crippen LogP contribution in [0.2, 0.25) is 0 Å². The maximum Gasteiger partial charge on any atom is 0.315 e. The Balaban J connectivity index is 1.58. The summed E-state index contributed by atoms with van der Waals surface area (Å²) in [7, 11) is 0. The molecule has 122 valence electrons. The van der Waals surface area contributed by atoms with Gasteiger partial charge in [0.25, 0.3) is 0 Å². The molecule has 0 aromatic heterocycles. The molecule has 0 aliphatic heterocycles. The summed E-state index contributed by atoms with van der Waals surface area (Å²) in [5.74, 6) is 0.175. The fourth-order valence-corrected chi connectivity index (χ4v) is 2.91. The molecule has 0 unspecified atom stereocenters. The number of halogens is 1. The molecule has 0 heterocycles. The van der Waals surface area contributed by atoms with Gasteiger partial charge in [0.2, 0.25) is 0 Å². The standard InChI is InChI=1S/C17H25FN2O2/c18-15-5-1-3-13(11-15)4-2-10-19-17(22)20-16-8-6-14(12-21)7-9-16/h1,3,5,11,14,16,21H,2,4,6-10,12H2,(H2,19,20,22). The zero-order valence-electron chi connectivity index (χ0n) is 12.9. The summed E-state index contributed by atoms with van der Waals surface area (Å²) in [6.45, 7) is 0.827. The Morgan fingerprint density at radius 3 is 2.73 bits per heavy atom. The zero-order chi connectivity index (χ0) is 15.8. The predicted octanol–water partition coefficient (Wildman–Crippen LogP) is 2.61. The number of carbonyl (C=O) groups excluding carboxylic acids is 1. The SMILES string of the molecule is O=C(NCCCc1cccc(F)c1)NC1CCC(CO)CC1. The van der Waals surface area contributed by atoms with Gasteiger partial charge in [0.1, 0.15) is 5.82 Å². The second kappa shape index (κ2) is 8.73. The topological polar surface area (TPSA) is 61.4 Å². The maximum atomic E-state index is 13.0. The lowest BCUT2D eigenvalue weighted by atomic mass is 9.87. The minimum atomic E-state index is -0.221. The van der Waals surface area contributed by atoms with E-state index in [-0.39, 0.29) is 24.5 Å². The largest absolute Gasteiger partial charge is 0.396 e. The number of hydrogen-bond donors (Lipinski definition) is 3. The fraction of sp³-hybridized carbons (Fsp3) is 0.588. The van der Waals surface area contributed by atoms with Gasteiger partial charge in [-0.25, -0.2) is 9.18 Å². The van der Waals surface area contributed by atoms with Crippen molar-refractivity contribution < 1.29 is 14.3 Å². The van der Waals surface area contributed by atoms with Crippen LogP contribution in [0.4, 0.5) is 9.18 Å². The number of hydrogen-bond acceptors (Lipinski definition) is 2. The summed E-state index contributed by atoms with van der Waals surface area (Å²) in [6, 6.07) is 6.63. The van der Waals surface area contributed by atoms with Gasteiger partial charge >= 0.3 is 6.03 Å². The quantitative estimate of drug-likeness (QED) is 0.707. The number of aryl methyl sites for hydroxylation is 1. The summed E-state index contributed by atoms with van der Waals surface area (Å²) in [6.07, 6.45) is 5.35. The molecule has 0 bridgehead atoms. The van der Waals surface area contributed by atoms with E-state index < -0.39 is 0 Å². The average Bonchev–Trinajstić information content (AvgIpc) is 2.52. The first kappa shape index (κ1) is 16.7. The normalized spacial score (nSPS) is 21.4. The van der Waals surface area contributed by atoms with Crippen LogP contribution in [0.3, 0.4) is 0 Å². The molecule has 2 amide bonds. The van der Waals surface area contributed by atoms with Crippen molar-refractivity contribution in [1.82, 2.24) is 10.6 Å². The number of amides is 2. The van der Waals surface area contributed by atoms with Crippen LogP contribution in [0.1, 0.15) is 37.7 Å². The molecule has 1 aromatic rings. The average molecular weight is 308 g/mol. The molecule has 1 aliphatic rings. The van der Waals surface area contributed by atoms with E-state index in [9.17, 15) is 9.18 Å². The Kier molecular flexibility index (Phi) is 6.65. The molecule has 1 fully saturated rings. The van der Waals surface area contributed by atoms with Gasteiger partial charge in [-0.15, -0.1) is 0 Å². The molecule has 0 spiro atoms. The first-order valence-electron chi connectivity index (χ1n) is 8.07. The number of aliphatic hydroxyl groups excluding tert-OH is 1. The highest BCUT2D eigenvalue weighted by atomic mass is 19.1. The third kappa shape index (κ3) is 5.64. The Morgan fingerprint density at radius 2 is 2.05 bits per heavy atom. The highest BCUT2D eigenvalue weighted by Crippen LogP contribution is 2.23. The van der Waals surface area contributed by atoms with E-state index in [1.54, 1.807) is 6.07 Å². The summed E-state index contributed by atoms with van der Waals surface area (Å²) in [4.78, 5) is 11.8. The second-order valence-corrected chi connectivity index (χ2v) is 6.03. The van der Waals surface area contributed by atoms with Crippen molar-refractivity contribution in [3.8, 4) is 0 Å². The lowest BCUT2D eigenvalue weighted by Crippen LogP contribution is -2.44. The molecular weight excluding hydrogens is 283 g/mol. The molecule has 3 N–H and O–H groups in total. The van der Waals surface area contributed by atoms with Gasteiger partial charge in [-0.05, 0) is 62.1 Å². The smallest absolute Gasteiger partial charge is 0.315 e. The molecule has 22 heavy (non-hydrogen) atoms. The zero-order valence-corrected chi connectivity index (χ0v) is 12.9. The van der Waals surface area contributed by atoms with Crippen LogP contribution >= 0.6 is 0 Å². The van der Waals surface area contributed by atoms with Crippen molar-refractivity contribution in [2.45, 2.75) is 44.6 Å². The number of nitrogens with one attached hydrogen (secondary N) is 2. The highest BCUT2D eigenvalue weighted by molar-refractivity contribution is 5.74. The fourth-order valence-electron chi connectivity index (χ4n) is 2.91. The van der Waals surface area contributed by atoms with E-state index in [2.05, 4.69) is 10.6 Å². The minimum absolute atomic E-state index is 0.133. The van der Waals surface area contributed by atoms with Crippen LogP contribution in [0.5, 0.6) is 0 Å². The highest BCUT2D eigenvalue weighted by Gasteiger charge is 2.21. The lowest BCUT2D eigenvalue weighted by Gasteiger charge is -2.27. The number of rotatable bonds is 6. The van der Waals surface area contributed by atoms with Crippen molar-refractivity contribution in [3.63, 3.8) is 0 Å². The van der Waals surface area contributed by atoms with Gasteiger partial charge in [-0.2, -0.15) is 0 Å². The van der Waals surface area contributed by atoms with Gasteiger partial charge in [0, 0.05) is 19.2 Å². The van der Waals surface area contributed by atoms with Crippen LogP contribution in [0, 0.1) is 11.7 Å². The minimum Gasteiger partial charge on any atom is -0.396 e. The van der Waals surface area contributed by atoms with E-state index in [1.807, 2.05) is 6.07 Å². The van der Waals surface area contributed by atoms with E-state index in [0.717, 1.165) is 44.1 Å². The van der Waals surface area contributed by atoms with Gasteiger partial charge in [-0.1, -0.05) is 12.1 Å². The van der Waals surface area contributed by atoms with E-state index in [1.165, 1.54) is 12.1 Å². The van der Waals surface area contributed by atoms with Gasteiger partial charge in [-0.3, -0.25) is 0 Å². The van der Waals surface area contributed by atoms with Gasteiger partial charge < -0.3 is 15.7 Å². The van der Waals surface area contributed by atoms with E-state index in [0.29, 0.717) is 12.5 Å². The van der Waals surface area contributed by atoms with Crippen LogP contribution in [0.15, 0.2) is 24.3 Å². The third-order valence-corrected chi connectivity index (χ3v) is 4.26. The maximum absolute atomic E-state index is 13.0. The second-order valence-electron chi connectivity index (χ2n) is 6.03. The van der Waals surface area contributed by atoms with Gasteiger partial charge in [0.15, 0.2) is 0 Å².